The van der Waals surface area contributed by atoms with E-state index in [-0.39, 0.29) is 16.6 Å². The van der Waals surface area contributed by atoms with Gasteiger partial charge >= 0.3 is 0 Å². The van der Waals surface area contributed by atoms with Gasteiger partial charge in [0.25, 0.3) is 10.0 Å². The third-order valence-corrected chi connectivity index (χ3v) is 7.83. The van der Waals surface area contributed by atoms with Gasteiger partial charge in [0.2, 0.25) is 5.91 Å². The summed E-state index contributed by atoms with van der Waals surface area (Å²) in [6.07, 6.45) is 1.48. The molecule has 0 radical (unpaired) electrons. The number of anilines is 2. The molecule has 0 saturated carbocycles. The molecule has 2 aromatic heterocycles. The van der Waals surface area contributed by atoms with Crippen LogP contribution < -0.4 is 10.0 Å². The highest BCUT2D eigenvalue weighted by Gasteiger charge is 2.17. The highest BCUT2D eigenvalue weighted by molar-refractivity contribution is 8.00. The van der Waals surface area contributed by atoms with Crippen molar-refractivity contribution in [1.82, 2.24) is 9.97 Å². The van der Waals surface area contributed by atoms with Gasteiger partial charge in [0.05, 0.1) is 10.6 Å². The van der Waals surface area contributed by atoms with Crippen LogP contribution in [0.1, 0.15) is 11.1 Å². The number of sulfonamides is 1. The minimum absolute atomic E-state index is 0.0725. The predicted octanol–water partition coefficient (Wildman–Crippen LogP) is 4.84. The summed E-state index contributed by atoms with van der Waals surface area (Å²) in [5, 5.41) is 6.41. The van der Waals surface area contributed by atoms with Gasteiger partial charge in [0, 0.05) is 16.8 Å². The quantitative estimate of drug-likeness (QED) is 0.288. The van der Waals surface area contributed by atoms with Crippen molar-refractivity contribution < 1.29 is 13.2 Å². The van der Waals surface area contributed by atoms with Crippen LogP contribution in [0.15, 0.2) is 70.2 Å². The van der Waals surface area contributed by atoms with E-state index in [0.717, 1.165) is 26.4 Å². The number of carbonyl (C=O) groups is 1. The van der Waals surface area contributed by atoms with Crippen LogP contribution in [0.4, 0.5) is 11.4 Å². The van der Waals surface area contributed by atoms with Crippen molar-refractivity contribution in [3.05, 3.63) is 71.4 Å². The van der Waals surface area contributed by atoms with Gasteiger partial charge in [-0.3, -0.25) is 9.52 Å². The van der Waals surface area contributed by atoms with Crippen molar-refractivity contribution in [1.29, 1.82) is 0 Å². The highest BCUT2D eigenvalue weighted by Crippen LogP contribution is 2.28. The lowest BCUT2D eigenvalue weighted by Crippen LogP contribution is -2.17. The molecule has 10 heteroatoms. The monoisotopic (exact) mass is 484 g/mol. The molecule has 4 rings (SSSR count). The van der Waals surface area contributed by atoms with Gasteiger partial charge in [-0.25, -0.2) is 18.4 Å². The molecule has 0 saturated heterocycles. The summed E-state index contributed by atoms with van der Waals surface area (Å²) >= 11 is 2.83. The van der Waals surface area contributed by atoms with Crippen LogP contribution in [0.25, 0.3) is 10.2 Å². The maximum Gasteiger partial charge on any atom is 0.261 e. The van der Waals surface area contributed by atoms with E-state index in [2.05, 4.69) is 20.0 Å². The molecule has 0 atom stereocenters. The maximum atomic E-state index is 12.8. The van der Waals surface area contributed by atoms with Crippen molar-refractivity contribution in [2.24, 2.45) is 0 Å². The minimum Gasteiger partial charge on any atom is -0.325 e. The molecular weight excluding hydrogens is 464 g/mol. The largest absolute Gasteiger partial charge is 0.325 e. The van der Waals surface area contributed by atoms with Crippen LogP contribution in [0.5, 0.6) is 0 Å². The summed E-state index contributed by atoms with van der Waals surface area (Å²) in [5.74, 6) is -0.110. The normalized spacial score (nSPS) is 11.4. The van der Waals surface area contributed by atoms with Crippen molar-refractivity contribution in [2.75, 3.05) is 15.8 Å². The smallest absolute Gasteiger partial charge is 0.261 e. The Kier molecular flexibility index (Phi) is 6.45. The van der Waals surface area contributed by atoms with E-state index >= 15 is 0 Å². The Balaban J connectivity index is 1.47. The zero-order valence-corrected chi connectivity index (χ0v) is 19.8. The number of rotatable bonds is 7. The Morgan fingerprint density at radius 1 is 1.09 bits per heavy atom. The third-order valence-electron chi connectivity index (χ3n) is 4.63. The van der Waals surface area contributed by atoms with Crippen molar-refractivity contribution in [3.63, 3.8) is 0 Å². The lowest BCUT2D eigenvalue weighted by atomic mass is 10.2. The van der Waals surface area contributed by atoms with Gasteiger partial charge in [0.1, 0.15) is 16.2 Å². The van der Waals surface area contributed by atoms with Crippen molar-refractivity contribution in [2.45, 2.75) is 23.8 Å². The van der Waals surface area contributed by atoms with E-state index in [1.54, 1.807) is 24.3 Å². The molecule has 0 aliphatic carbocycles. The molecule has 0 bridgehead atoms. The number of carbonyl (C=O) groups excluding carboxylic acids is 1. The Labute approximate surface area is 194 Å². The van der Waals surface area contributed by atoms with E-state index < -0.39 is 10.0 Å². The number of fused-ring (bicyclic) bond motifs is 1. The molecule has 164 valence electrons. The summed E-state index contributed by atoms with van der Waals surface area (Å²) in [5.41, 5.74) is 2.64. The number of hydrogen-bond acceptors (Lipinski definition) is 7. The van der Waals surface area contributed by atoms with Gasteiger partial charge in [-0.2, -0.15) is 0 Å². The second-order valence-corrected chi connectivity index (χ2v) is 10.6. The van der Waals surface area contributed by atoms with Crippen LogP contribution in [-0.4, -0.2) is 30.0 Å². The second-order valence-electron chi connectivity index (χ2n) is 7.11. The fourth-order valence-electron chi connectivity index (χ4n) is 3.03. The summed E-state index contributed by atoms with van der Waals surface area (Å²) in [7, 11) is -3.80. The molecule has 0 fully saturated rings. The zero-order valence-electron chi connectivity index (χ0n) is 17.3. The average molecular weight is 485 g/mol. The number of nitrogens with one attached hydrogen (secondary N) is 2. The zero-order chi connectivity index (χ0) is 22.7. The van der Waals surface area contributed by atoms with Gasteiger partial charge in [-0.05, 0) is 60.7 Å². The molecule has 32 heavy (non-hydrogen) atoms. The fraction of sp³-hybridized carbons (Fsp3) is 0.136. The summed E-state index contributed by atoms with van der Waals surface area (Å²) < 4.78 is 28.2. The number of nitrogens with zero attached hydrogens (tertiary/aromatic N) is 2. The Hall–Kier alpha value is -2.95. The first kappa shape index (κ1) is 22.3. The Bertz CT molecular complexity index is 1400. The van der Waals surface area contributed by atoms with Crippen LogP contribution in [0.2, 0.25) is 0 Å². The number of benzene rings is 2. The lowest BCUT2D eigenvalue weighted by Gasteiger charge is -2.13. The van der Waals surface area contributed by atoms with Crippen LogP contribution >= 0.6 is 23.1 Å². The third kappa shape index (κ3) is 5.09. The maximum absolute atomic E-state index is 12.8. The number of thioether (sulfide) groups is 1. The molecule has 1 amide bonds. The molecular formula is C22H20N4O3S3. The van der Waals surface area contributed by atoms with Gasteiger partial charge in [-0.15, -0.1) is 11.3 Å². The van der Waals surface area contributed by atoms with Crippen LogP contribution in [0.3, 0.4) is 0 Å². The summed E-state index contributed by atoms with van der Waals surface area (Å²) in [4.78, 5) is 22.0. The molecule has 0 aliphatic rings. The molecule has 0 spiro atoms. The molecule has 2 aromatic carbocycles. The molecule has 7 nitrogen and oxygen atoms in total. The van der Waals surface area contributed by atoms with Gasteiger partial charge in [0.15, 0.2) is 0 Å². The Morgan fingerprint density at radius 3 is 2.75 bits per heavy atom. The van der Waals surface area contributed by atoms with Gasteiger partial charge < -0.3 is 5.32 Å². The number of amides is 1. The van der Waals surface area contributed by atoms with Gasteiger partial charge in [-0.1, -0.05) is 30.0 Å². The fourth-order valence-corrected chi connectivity index (χ4v) is 5.68. The molecule has 2 N–H and O–H groups in total. The van der Waals surface area contributed by atoms with E-state index in [1.165, 1.54) is 41.6 Å². The first-order valence-electron chi connectivity index (χ1n) is 9.63. The highest BCUT2D eigenvalue weighted by atomic mass is 32.2. The number of aryl methyl sites for hydroxylation is 2. The number of thiophene rings is 1. The van der Waals surface area contributed by atoms with Crippen LogP contribution in [0, 0.1) is 13.8 Å². The summed E-state index contributed by atoms with van der Waals surface area (Å²) in [6, 6.07) is 13.7. The minimum atomic E-state index is -3.80. The molecule has 2 heterocycles. The SMILES string of the molecule is Cc1cccc(NS(=O)(=O)c2ccc(C)c(NC(=O)CSc3ncnc4sccc34)c2)c1. The Morgan fingerprint density at radius 2 is 1.94 bits per heavy atom. The van der Waals surface area contributed by atoms with Crippen molar-refractivity contribution >= 4 is 60.6 Å². The van der Waals surface area contributed by atoms with E-state index in [1.807, 2.05) is 31.4 Å². The molecule has 4 aromatic rings. The topological polar surface area (TPSA) is 101 Å². The van der Waals surface area contributed by atoms with E-state index in [9.17, 15) is 13.2 Å². The first-order chi connectivity index (χ1) is 15.3. The first-order valence-corrected chi connectivity index (χ1v) is 13.0. The van der Waals surface area contributed by atoms with Crippen LogP contribution in [-0.2, 0) is 14.8 Å². The van der Waals surface area contributed by atoms with E-state index in [4.69, 9.17) is 0 Å². The predicted molar refractivity (Wildman–Crippen MR) is 130 cm³/mol. The molecule has 0 aliphatic heterocycles. The van der Waals surface area contributed by atoms with Crippen molar-refractivity contribution in [3.8, 4) is 0 Å². The average Bonchev–Trinajstić information content (AvgIpc) is 3.23. The summed E-state index contributed by atoms with van der Waals surface area (Å²) in [6.45, 7) is 3.70. The molecule has 0 unspecified atom stereocenters. The standard InChI is InChI=1S/C22H20N4O3S3/c1-14-4-3-5-16(10-14)26-32(28,29)17-7-6-15(2)19(11-17)25-20(27)12-31-22-18-8-9-30-21(18)23-13-24-22/h3-11,13,26H,12H2,1-2H3,(H,25,27). The number of hydrogen-bond donors (Lipinski definition) is 2. The van der Waals surface area contributed by atoms with E-state index in [0.29, 0.717) is 11.4 Å². The second kappa shape index (κ2) is 9.27. The number of aromatic nitrogens is 2. The lowest BCUT2D eigenvalue weighted by molar-refractivity contribution is -0.113.